The topological polar surface area (TPSA) is 59.5 Å². The highest BCUT2D eigenvalue weighted by molar-refractivity contribution is 5.93. The van der Waals surface area contributed by atoms with Crippen LogP contribution in [0.5, 0.6) is 0 Å². The molecule has 2 aromatic rings. The summed E-state index contributed by atoms with van der Waals surface area (Å²) >= 11 is 0. The van der Waals surface area contributed by atoms with Gasteiger partial charge in [-0.15, -0.1) is 0 Å². The zero-order valence-corrected chi connectivity index (χ0v) is 10.5. The van der Waals surface area contributed by atoms with Crippen molar-refractivity contribution < 1.29 is 13.7 Å². The van der Waals surface area contributed by atoms with Crippen LogP contribution in [0.1, 0.15) is 29.8 Å². The van der Waals surface area contributed by atoms with E-state index in [1.807, 2.05) is 4.90 Å². The minimum atomic E-state index is -0.0425. The monoisotopic (exact) mass is 258 g/mol. The lowest BCUT2D eigenvalue weighted by Gasteiger charge is -2.55. The third-order valence-corrected chi connectivity index (χ3v) is 4.25. The molecule has 19 heavy (non-hydrogen) atoms. The van der Waals surface area contributed by atoms with Gasteiger partial charge in [0.25, 0.3) is 5.91 Å². The van der Waals surface area contributed by atoms with Crippen LogP contribution in [0.3, 0.4) is 0 Å². The number of hydrogen-bond acceptors (Lipinski definition) is 4. The summed E-state index contributed by atoms with van der Waals surface area (Å²) in [5, 5.41) is 3.84. The molecule has 1 aliphatic heterocycles. The summed E-state index contributed by atoms with van der Waals surface area (Å²) in [5.74, 6) is 1.04. The van der Waals surface area contributed by atoms with E-state index < -0.39 is 0 Å². The lowest BCUT2D eigenvalue weighted by molar-refractivity contribution is -0.0430. The minimum Gasteiger partial charge on any atom is -0.461 e. The molecule has 0 N–H and O–H groups in total. The molecule has 2 fully saturated rings. The number of hydrogen-bond donors (Lipinski definition) is 0. The van der Waals surface area contributed by atoms with Crippen LogP contribution in [0.2, 0.25) is 0 Å². The fourth-order valence-electron chi connectivity index (χ4n) is 2.97. The first-order valence-corrected chi connectivity index (χ1v) is 6.56. The largest absolute Gasteiger partial charge is 0.461 e. The Labute approximate surface area is 110 Å². The molecule has 2 aliphatic rings. The molecule has 1 amide bonds. The average Bonchev–Trinajstić information content (AvgIpc) is 2.96. The van der Waals surface area contributed by atoms with Crippen molar-refractivity contribution in [2.75, 3.05) is 13.1 Å². The van der Waals surface area contributed by atoms with E-state index in [9.17, 15) is 4.79 Å². The number of furan rings is 1. The summed E-state index contributed by atoms with van der Waals surface area (Å²) in [7, 11) is 0. The molecule has 1 spiro atoms. The quantitative estimate of drug-likeness (QED) is 0.830. The van der Waals surface area contributed by atoms with Crippen molar-refractivity contribution in [3.8, 4) is 11.5 Å². The van der Waals surface area contributed by atoms with E-state index in [2.05, 4.69) is 5.16 Å². The Hall–Kier alpha value is -2.04. The van der Waals surface area contributed by atoms with Crippen LogP contribution in [-0.2, 0) is 0 Å². The molecule has 0 aromatic carbocycles. The average molecular weight is 258 g/mol. The lowest BCUT2D eigenvalue weighted by Crippen LogP contribution is -2.61. The van der Waals surface area contributed by atoms with Crippen LogP contribution in [-0.4, -0.2) is 29.1 Å². The van der Waals surface area contributed by atoms with Crippen molar-refractivity contribution in [3.63, 3.8) is 0 Å². The van der Waals surface area contributed by atoms with Gasteiger partial charge in [0.2, 0.25) is 5.76 Å². The summed E-state index contributed by atoms with van der Waals surface area (Å²) in [6.45, 7) is 1.74. The fourth-order valence-corrected chi connectivity index (χ4v) is 2.97. The summed E-state index contributed by atoms with van der Waals surface area (Å²) in [5.41, 5.74) is 0.795. The van der Waals surface area contributed by atoms with Crippen LogP contribution < -0.4 is 0 Å². The van der Waals surface area contributed by atoms with E-state index in [4.69, 9.17) is 8.94 Å². The molecule has 4 rings (SSSR count). The molecule has 5 nitrogen and oxygen atoms in total. The van der Waals surface area contributed by atoms with Gasteiger partial charge in [-0.2, -0.15) is 0 Å². The second-order valence-corrected chi connectivity index (χ2v) is 5.57. The molecular weight excluding hydrogens is 244 g/mol. The number of carbonyl (C=O) groups excluding carboxylic acids is 1. The van der Waals surface area contributed by atoms with Gasteiger partial charge >= 0.3 is 0 Å². The lowest BCUT2D eigenvalue weighted by atomic mass is 9.63. The van der Waals surface area contributed by atoms with Crippen molar-refractivity contribution >= 4 is 5.91 Å². The van der Waals surface area contributed by atoms with Crippen LogP contribution in [0.15, 0.2) is 33.4 Å². The van der Waals surface area contributed by atoms with Gasteiger partial charge in [-0.3, -0.25) is 4.79 Å². The summed E-state index contributed by atoms with van der Waals surface area (Å²) < 4.78 is 10.4. The summed E-state index contributed by atoms with van der Waals surface area (Å²) in [6.07, 6.45) is 5.38. The summed E-state index contributed by atoms with van der Waals surface area (Å²) in [4.78, 5) is 14.1. The highest BCUT2D eigenvalue weighted by atomic mass is 16.5. The number of aromatic nitrogens is 1. The van der Waals surface area contributed by atoms with Crippen molar-refractivity contribution in [1.82, 2.24) is 10.1 Å². The zero-order chi connectivity index (χ0) is 12.9. The van der Waals surface area contributed by atoms with Crippen molar-refractivity contribution in [2.24, 2.45) is 5.41 Å². The second kappa shape index (κ2) is 3.73. The Kier molecular flexibility index (Phi) is 2.13. The van der Waals surface area contributed by atoms with Gasteiger partial charge in [0.1, 0.15) is 0 Å². The molecule has 3 heterocycles. The number of carbonyl (C=O) groups is 1. The number of amides is 1. The Morgan fingerprint density at radius 1 is 1.32 bits per heavy atom. The maximum absolute atomic E-state index is 12.2. The Morgan fingerprint density at radius 3 is 2.79 bits per heavy atom. The molecule has 1 aliphatic carbocycles. The minimum absolute atomic E-state index is 0.0425. The van der Waals surface area contributed by atoms with E-state index in [0.29, 0.717) is 22.6 Å². The van der Waals surface area contributed by atoms with Crippen molar-refractivity contribution in [1.29, 1.82) is 0 Å². The van der Waals surface area contributed by atoms with Crippen molar-refractivity contribution in [2.45, 2.75) is 19.3 Å². The first-order valence-electron chi connectivity index (χ1n) is 6.56. The Bertz CT molecular complexity index is 602. The standard InChI is InChI=1S/C14H14N2O3/c17-13(16-8-14(9-16)4-2-5-14)10-7-12(19-15-10)11-3-1-6-18-11/h1,3,6-7H,2,4-5,8-9H2. The molecule has 98 valence electrons. The normalized spacial score (nSPS) is 20.1. The molecule has 0 unspecified atom stereocenters. The predicted molar refractivity (Wildman–Crippen MR) is 66.4 cm³/mol. The molecule has 1 saturated heterocycles. The van der Waals surface area contributed by atoms with Crippen LogP contribution >= 0.6 is 0 Å². The van der Waals surface area contributed by atoms with Crippen LogP contribution in [0, 0.1) is 5.41 Å². The summed E-state index contributed by atoms with van der Waals surface area (Å²) in [6, 6.07) is 5.20. The predicted octanol–water partition coefficient (Wildman–Crippen LogP) is 2.56. The van der Waals surface area contributed by atoms with Gasteiger partial charge in [0.05, 0.1) is 6.26 Å². The van der Waals surface area contributed by atoms with Gasteiger partial charge in [-0.25, -0.2) is 0 Å². The Morgan fingerprint density at radius 2 is 2.16 bits per heavy atom. The zero-order valence-electron chi connectivity index (χ0n) is 10.5. The molecule has 5 heteroatoms. The van der Waals surface area contributed by atoms with E-state index in [1.165, 1.54) is 19.3 Å². The van der Waals surface area contributed by atoms with E-state index in [1.54, 1.807) is 24.5 Å². The van der Waals surface area contributed by atoms with Gasteiger partial charge in [0, 0.05) is 24.6 Å². The smallest absolute Gasteiger partial charge is 0.276 e. The van der Waals surface area contributed by atoms with Crippen LogP contribution in [0.4, 0.5) is 0 Å². The maximum atomic E-state index is 12.2. The number of nitrogens with zero attached hydrogens (tertiary/aromatic N) is 2. The number of likely N-dealkylation sites (tertiary alicyclic amines) is 1. The third-order valence-electron chi connectivity index (χ3n) is 4.25. The third kappa shape index (κ3) is 1.61. The second-order valence-electron chi connectivity index (χ2n) is 5.57. The first kappa shape index (κ1) is 10.8. The van der Waals surface area contributed by atoms with E-state index in [0.717, 1.165) is 13.1 Å². The first-order chi connectivity index (χ1) is 9.26. The van der Waals surface area contributed by atoms with Crippen LogP contribution in [0.25, 0.3) is 11.5 Å². The van der Waals surface area contributed by atoms with Gasteiger partial charge in [-0.1, -0.05) is 11.6 Å². The molecular formula is C14H14N2O3. The highest BCUT2D eigenvalue weighted by Crippen LogP contribution is 2.48. The van der Waals surface area contributed by atoms with E-state index >= 15 is 0 Å². The molecule has 2 aromatic heterocycles. The Balaban J connectivity index is 1.49. The maximum Gasteiger partial charge on any atom is 0.276 e. The molecule has 0 bridgehead atoms. The number of rotatable bonds is 2. The van der Waals surface area contributed by atoms with Gasteiger partial charge < -0.3 is 13.8 Å². The van der Waals surface area contributed by atoms with Crippen molar-refractivity contribution in [3.05, 3.63) is 30.2 Å². The van der Waals surface area contributed by atoms with E-state index in [-0.39, 0.29) is 5.91 Å². The highest BCUT2D eigenvalue weighted by Gasteiger charge is 2.49. The fraction of sp³-hybridized carbons (Fsp3) is 0.429. The van der Waals surface area contributed by atoms with Gasteiger partial charge in [0.15, 0.2) is 11.5 Å². The molecule has 0 atom stereocenters. The molecule has 0 radical (unpaired) electrons. The molecule has 1 saturated carbocycles. The SMILES string of the molecule is O=C(c1cc(-c2ccco2)on1)N1CC2(CCC2)C1. The van der Waals surface area contributed by atoms with Gasteiger partial charge in [-0.05, 0) is 25.0 Å².